The summed E-state index contributed by atoms with van der Waals surface area (Å²) in [5, 5.41) is 4.04. The molecule has 0 amide bonds. The molecule has 8 heteroatoms. The molecule has 34 heavy (non-hydrogen) atoms. The minimum Gasteiger partial charge on any atom is -0.493 e. The van der Waals surface area contributed by atoms with E-state index in [1.807, 2.05) is 42.5 Å². The molecule has 0 aliphatic carbocycles. The van der Waals surface area contributed by atoms with E-state index in [1.54, 1.807) is 21.3 Å². The molecule has 4 rings (SSSR count). The number of nitrogens with zero attached hydrogens (tertiary/aromatic N) is 1. The predicted octanol–water partition coefficient (Wildman–Crippen LogP) is 5.69. The minimum atomic E-state index is -0.127. The number of rotatable bonds is 7. The maximum atomic E-state index is 6.27. The van der Waals surface area contributed by atoms with Crippen molar-refractivity contribution in [1.29, 1.82) is 0 Å². The number of methoxy groups -OCH3 is 3. The maximum Gasteiger partial charge on any atom is 0.174 e. The summed E-state index contributed by atoms with van der Waals surface area (Å²) in [5.74, 6) is 2.78. The number of ether oxygens (including phenoxy) is 4. The zero-order chi connectivity index (χ0) is 24.1. The number of benzene rings is 3. The van der Waals surface area contributed by atoms with Gasteiger partial charge in [-0.25, -0.2) is 0 Å². The van der Waals surface area contributed by atoms with Gasteiger partial charge in [-0.05, 0) is 101 Å². The second kappa shape index (κ2) is 11.1. The number of hydrogen-bond acceptors (Lipinski definition) is 5. The van der Waals surface area contributed by atoms with Crippen molar-refractivity contribution in [3.8, 4) is 23.0 Å². The van der Waals surface area contributed by atoms with Gasteiger partial charge in [0.15, 0.2) is 28.1 Å². The van der Waals surface area contributed by atoms with Crippen molar-refractivity contribution in [2.24, 2.45) is 0 Å². The number of para-hydroxylation sites is 2. The lowest BCUT2D eigenvalue weighted by Gasteiger charge is -2.39. The van der Waals surface area contributed by atoms with Crippen molar-refractivity contribution in [2.75, 3.05) is 39.8 Å². The van der Waals surface area contributed by atoms with Gasteiger partial charge in [0, 0.05) is 15.8 Å². The second-order valence-corrected chi connectivity index (χ2v) is 9.40. The Bertz CT molecular complexity index is 1160. The molecule has 1 heterocycles. The lowest BCUT2D eigenvalue weighted by atomic mass is 9.92. The van der Waals surface area contributed by atoms with Gasteiger partial charge >= 0.3 is 0 Å². The van der Waals surface area contributed by atoms with E-state index in [0.29, 0.717) is 29.0 Å². The van der Waals surface area contributed by atoms with E-state index >= 15 is 0 Å². The van der Waals surface area contributed by atoms with E-state index in [4.69, 9.17) is 31.2 Å². The highest BCUT2D eigenvalue weighted by atomic mass is 127. The molecule has 0 aromatic heterocycles. The fourth-order valence-corrected chi connectivity index (χ4v) is 4.78. The Morgan fingerprint density at radius 3 is 2.26 bits per heavy atom. The highest BCUT2D eigenvalue weighted by Crippen LogP contribution is 2.39. The van der Waals surface area contributed by atoms with Gasteiger partial charge in [-0.1, -0.05) is 12.1 Å². The van der Waals surface area contributed by atoms with E-state index in [-0.39, 0.29) is 6.04 Å². The first kappa shape index (κ1) is 24.4. The Morgan fingerprint density at radius 2 is 1.59 bits per heavy atom. The lowest BCUT2D eigenvalue weighted by molar-refractivity contribution is 0.185. The van der Waals surface area contributed by atoms with Crippen LogP contribution in [0.15, 0.2) is 60.7 Å². The van der Waals surface area contributed by atoms with Crippen molar-refractivity contribution < 1.29 is 18.9 Å². The molecule has 1 aliphatic heterocycles. The molecule has 1 aliphatic rings. The number of halogens is 1. The van der Waals surface area contributed by atoms with Crippen LogP contribution in [0.5, 0.6) is 23.0 Å². The fourth-order valence-electron chi connectivity index (χ4n) is 4.09. The van der Waals surface area contributed by atoms with E-state index in [2.05, 4.69) is 51.0 Å². The van der Waals surface area contributed by atoms with Crippen LogP contribution in [-0.4, -0.2) is 44.5 Å². The summed E-state index contributed by atoms with van der Waals surface area (Å²) in [6.07, 6.45) is 0.829. The van der Waals surface area contributed by atoms with Gasteiger partial charge in [0.1, 0.15) is 6.61 Å². The Labute approximate surface area is 219 Å². The molecule has 0 saturated heterocycles. The van der Waals surface area contributed by atoms with Crippen molar-refractivity contribution in [3.63, 3.8) is 0 Å². The van der Waals surface area contributed by atoms with Gasteiger partial charge in [0.2, 0.25) is 0 Å². The summed E-state index contributed by atoms with van der Waals surface area (Å²) in [7, 11) is 4.94. The van der Waals surface area contributed by atoms with Crippen molar-refractivity contribution in [2.45, 2.75) is 12.5 Å². The first-order valence-corrected chi connectivity index (χ1v) is 12.4. The van der Waals surface area contributed by atoms with Crippen LogP contribution in [0.3, 0.4) is 0 Å². The molecule has 6 nitrogen and oxygen atoms in total. The summed E-state index contributed by atoms with van der Waals surface area (Å²) in [6.45, 7) is 1.13. The highest BCUT2D eigenvalue weighted by molar-refractivity contribution is 14.1. The van der Waals surface area contributed by atoms with Crippen LogP contribution < -0.4 is 24.3 Å². The monoisotopic (exact) mass is 590 g/mol. The van der Waals surface area contributed by atoms with Crippen LogP contribution >= 0.6 is 34.8 Å². The van der Waals surface area contributed by atoms with Crippen LogP contribution in [0.1, 0.15) is 17.2 Å². The van der Waals surface area contributed by atoms with E-state index < -0.39 is 0 Å². The summed E-state index contributed by atoms with van der Waals surface area (Å²) >= 11 is 8.15. The van der Waals surface area contributed by atoms with Gasteiger partial charge in [0.25, 0.3) is 0 Å². The van der Waals surface area contributed by atoms with Crippen LogP contribution in [-0.2, 0) is 6.42 Å². The largest absolute Gasteiger partial charge is 0.493 e. The van der Waals surface area contributed by atoms with E-state index in [1.165, 1.54) is 9.13 Å². The topological polar surface area (TPSA) is 52.2 Å². The van der Waals surface area contributed by atoms with Crippen LogP contribution in [0, 0.1) is 3.57 Å². The zero-order valence-corrected chi connectivity index (χ0v) is 22.3. The van der Waals surface area contributed by atoms with Gasteiger partial charge < -0.3 is 29.2 Å². The first-order valence-electron chi connectivity index (χ1n) is 10.9. The molecule has 0 fully saturated rings. The predicted molar refractivity (Wildman–Crippen MR) is 147 cm³/mol. The smallest absolute Gasteiger partial charge is 0.174 e. The molecule has 0 spiro atoms. The van der Waals surface area contributed by atoms with Crippen LogP contribution in [0.2, 0.25) is 0 Å². The Balaban J connectivity index is 1.66. The van der Waals surface area contributed by atoms with Crippen molar-refractivity contribution in [1.82, 2.24) is 4.90 Å². The fraction of sp³-hybridized carbons (Fsp3) is 0.269. The SMILES string of the molecule is COc1cc2c(cc1OC)[C@H](COc1ccccc1OC)N(C(=S)Nc1ccc(I)cc1)CC2. The quantitative estimate of drug-likeness (QED) is 0.280. The third-order valence-electron chi connectivity index (χ3n) is 5.82. The summed E-state index contributed by atoms with van der Waals surface area (Å²) in [6, 6.07) is 19.8. The van der Waals surface area contributed by atoms with Gasteiger partial charge in [-0.3, -0.25) is 0 Å². The molecule has 0 bridgehead atoms. The molecular weight excluding hydrogens is 563 g/mol. The lowest BCUT2D eigenvalue weighted by Crippen LogP contribution is -2.44. The molecular formula is C26H27IN2O4S. The molecule has 1 N–H and O–H groups in total. The van der Waals surface area contributed by atoms with Gasteiger partial charge in [0.05, 0.1) is 27.4 Å². The molecule has 0 radical (unpaired) electrons. The summed E-state index contributed by atoms with van der Waals surface area (Å²) in [4.78, 5) is 2.18. The van der Waals surface area contributed by atoms with E-state index in [0.717, 1.165) is 30.0 Å². The normalized spacial score (nSPS) is 14.7. The van der Waals surface area contributed by atoms with Crippen molar-refractivity contribution >= 4 is 45.6 Å². The Kier molecular flexibility index (Phi) is 7.99. The number of anilines is 1. The molecule has 1 atom stereocenters. The van der Waals surface area contributed by atoms with Crippen LogP contribution in [0.25, 0.3) is 0 Å². The third-order valence-corrected chi connectivity index (χ3v) is 6.88. The van der Waals surface area contributed by atoms with Crippen LogP contribution in [0.4, 0.5) is 5.69 Å². The van der Waals surface area contributed by atoms with Gasteiger partial charge in [-0.2, -0.15) is 0 Å². The van der Waals surface area contributed by atoms with Crippen molar-refractivity contribution in [3.05, 3.63) is 75.4 Å². The highest BCUT2D eigenvalue weighted by Gasteiger charge is 2.31. The molecule has 0 unspecified atom stereocenters. The minimum absolute atomic E-state index is 0.127. The van der Waals surface area contributed by atoms with Gasteiger partial charge in [-0.15, -0.1) is 0 Å². The third kappa shape index (κ3) is 5.33. The average molecular weight is 590 g/mol. The standard InChI is InChI=1S/C26H27IN2O4S/c1-30-22-6-4-5-7-23(22)33-16-21-20-15-25(32-3)24(31-2)14-17(20)12-13-29(21)26(34)28-19-10-8-18(27)9-11-19/h4-11,14-15,21H,12-13,16H2,1-3H3,(H,28,34)/t21-/m0/s1. The van der Waals surface area contributed by atoms with E-state index in [9.17, 15) is 0 Å². The Morgan fingerprint density at radius 1 is 0.941 bits per heavy atom. The number of thiocarbonyl (C=S) groups is 1. The number of fused-ring (bicyclic) bond motifs is 1. The molecule has 0 saturated carbocycles. The number of hydrogen-bond donors (Lipinski definition) is 1. The number of nitrogens with one attached hydrogen (secondary N) is 1. The second-order valence-electron chi connectivity index (χ2n) is 7.76. The molecule has 3 aromatic rings. The Hall–Kier alpha value is -2.72. The first-order chi connectivity index (χ1) is 16.5. The maximum absolute atomic E-state index is 6.27. The average Bonchev–Trinajstić information content (AvgIpc) is 2.87. The molecule has 178 valence electrons. The zero-order valence-electron chi connectivity index (χ0n) is 19.3. The molecule has 3 aromatic carbocycles. The summed E-state index contributed by atoms with van der Waals surface area (Å²) < 4.78 is 24.0. The summed E-state index contributed by atoms with van der Waals surface area (Å²) in [5.41, 5.74) is 3.25.